The Hall–Kier alpha value is -2.53. The van der Waals surface area contributed by atoms with Gasteiger partial charge in [0.15, 0.2) is 5.69 Å². The number of carbonyl (C=O) groups is 1. The first-order valence-corrected chi connectivity index (χ1v) is 9.06. The van der Waals surface area contributed by atoms with E-state index in [1.54, 1.807) is 11.8 Å². The Labute approximate surface area is 144 Å². The summed E-state index contributed by atoms with van der Waals surface area (Å²) in [6.07, 6.45) is 3.74. The van der Waals surface area contributed by atoms with Crippen molar-refractivity contribution >= 4 is 17.7 Å². The molecule has 120 valence electrons. The lowest BCUT2D eigenvalue weighted by Gasteiger charge is -2.18. The van der Waals surface area contributed by atoms with Crippen molar-refractivity contribution in [3.05, 3.63) is 65.4 Å². The number of amides is 1. The van der Waals surface area contributed by atoms with Crippen molar-refractivity contribution in [3.63, 3.8) is 0 Å². The summed E-state index contributed by atoms with van der Waals surface area (Å²) in [5.41, 5.74) is 11.3. The second kappa shape index (κ2) is 5.83. The van der Waals surface area contributed by atoms with Crippen molar-refractivity contribution in [2.75, 3.05) is 6.26 Å². The molecule has 0 fully saturated rings. The Morgan fingerprint density at radius 2 is 1.88 bits per heavy atom. The molecule has 3 aromatic rings. The van der Waals surface area contributed by atoms with Crippen LogP contribution in [0.5, 0.6) is 0 Å². The summed E-state index contributed by atoms with van der Waals surface area (Å²) in [6, 6.07) is 16.5. The highest BCUT2D eigenvalue weighted by atomic mass is 32.2. The number of aryl methyl sites for hydroxylation is 1. The first-order valence-electron chi connectivity index (χ1n) is 7.83. The fraction of sp³-hybridized carbons (Fsp3) is 0.158. The van der Waals surface area contributed by atoms with Crippen LogP contribution in [0.4, 0.5) is 0 Å². The third-order valence-corrected chi connectivity index (χ3v) is 5.19. The Morgan fingerprint density at radius 3 is 2.58 bits per heavy atom. The number of rotatable bonds is 3. The van der Waals surface area contributed by atoms with Crippen molar-refractivity contribution in [1.29, 1.82) is 0 Å². The van der Waals surface area contributed by atoms with E-state index < -0.39 is 5.91 Å². The summed E-state index contributed by atoms with van der Waals surface area (Å²) in [4.78, 5) is 13.1. The van der Waals surface area contributed by atoms with Gasteiger partial charge in [-0.15, -0.1) is 11.8 Å². The lowest BCUT2D eigenvalue weighted by atomic mass is 9.89. The van der Waals surface area contributed by atoms with Crippen LogP contribution in [-0.2, 0) is 12.8 Å². The van der Waals surface area contributed by atoms with E-state index in [1.165, 1.54) is 10.5 Å². The van der Waals surface area contributed by atoms with Gasteiger partial charge in [-0.05, 0) is 48.9 Å². The van der Waals surface area contributed by atoms with Crippen LogP contribution in [0.25, 0.3) is 16.9 Å². The maximum absolute atomic E-state index is 11.9. The van der Waals surface area contributed by atoms with Gasteiger partial charge < -0.3 is 5.73 Å². The molecule has 0 spiro atoms. The van der Waals surface area contributed by atoms with Gasteiger partial charge in [0.1, 0.15) is 0 Å². The monoisotopic (exact) mass is 335 g/mol. The summed E-state index contributed by atoms with van der Waals surface area (Å²) >= 11 is 1.70. The van der Waals surface area contributed by atoms with E-state index in [9.17, 15) is 4.79 Å². The molecule has 1 aliphatic rings. The Balaban J connectivity index is 1.97. The number of nitrogens with two attached hydrogens (primary N) is 1. The van der Waals surface area contributed by atoms with E-state index in [0.717, 1.165) is 35.3 Å². The number of carbonyl (C=O) groups excluding carboxylic acids is 1. The van der Waals surface area contributed by atoms with E-state index in [0.29, 0.717) is 5.69 Å². The zero-order valence-electron chi connectivity index (χ0n) is 13.3. The zero-order chi connectivity index (χ0) is 16.7. The number of aromatic nitrogens is 2. The predicted molar refractivity (Wildman–Crippen MR) is 96.7 cm³/mol. The van der Waals surface area contributed by atoms with E-state index in [2.05, 4.69) is 29.4 Å². The second-order valence-electron chi connectivity index (χ2n) is 5.81. The minimum absolute atomic E-state index is 0.383. The average Bonchev–Trinajstić information content (AvgIpc) is 3.02. The van der Waals surface area contributed by atoms with Gasteiger partial charge in [0.05, 0.1) is 11.4 Å². The van der Waals surface area contributed by atoms with Crippen molar-refractivity contribution in [2.45, 2.75) is 17.7 Å². The van der Waals surface area contributed by atoms with Crippen LogP contribution in [-0.4, -0.2) is 21.9 Å². The number of thioether (sulfide) groups is 1. The fourth-order valence-electron chi connectivity index (χ4n) is 3.30. The van der Waals surface area contributed by atoms with Gasteiger partial charge >= 0.3 is 0 Å². The molecule has 4 rings (SSSR count). The van der Waals surface area contributed by atoms with Gasteiger partial charge in [-0.2, -0.15) is 5.10 Å². The minimum Gasteiger partial charge on any atom is -0.364 e. The van der Waals surface area contributed by atoms with Gasteiger partial charge in [0.2, 0.25) is 0 Å². The first-order chi connectivity index (χ1) is 11.7. The van der Waals surface area contributed by atoms with E-state index in [1.807, 2.05) is 35.2 Å². The van der Waals surface area contributed by atoms with Gasteiger partial charge in [-0.1, -0.05) is 24.3 Å². The molecular formula is C19H17N3OS. The van der Waals surface area contributed by atoms with E-state index in [4.69, 9.17) is 5.73 Å². The van der Waals surface area contributed by atoms with Crippen molar-refractivity contribution in [2.24, 2.45) is 5.73 Å². The van der Waals surface area contributed by atoms with Crippen LogP contribution >= 0.6 is 11.8 Å². The summed E-state index contributed by atoms with van der Waals surface area (Å²) in [7, 11) is 0. The number of benzene rings is 2. The highest BCUT2D eigenvalue weighted by molar-refractivity contribution is 7.98. The maximum Gasteiger partial charge on any atom is 0.269 e. The van der Waals surface area contributed by atoms with Crippen molar-refractivity contribution < 1.29 is 4.79 Å². The SMILES string of the molecule is CSc1ccc(-n2nc(C(N)=O)c3c2-c2ccccc2CC3)cc1. The molecule has 1 aliphatic carbocycles. The van der Waals surface area contributed by atoms with E-state index >= 15 is 0 Å². The molecule has 2 aromatic carbocycles. The molecule has 0 radical (unpaired) electrons. The van der Waals surface area contributed by atoms with E-state index in [-0.39, 0.29) is 0 Å². The second-order valence-corrected chi connectivity index (χ2v) is 6.69. The molecule has 0 unspecified atom stereocenters. The lowest BCUT2D eigenvalue weighted by molar-refractivity contribution is 0.0994. The molecule has 2 N–H and O–H groups in total. The number of hydrogen-bond donors (Lipinski definition) is 1. The van der Waals surface area contributed by atoms with Crippen LogP contribution in [0.2, 0.25) is 0 Å². The molecule has 1 aromatic heterocycles. The van der Waals surface area contributed by atoms with Crippen LogP contribution in [0.3, 0.4) is 0 Å². The largest absolute Gasteiger partial charge is 0.364 e. The van der Waals surface area contributed by atoms with Gasteiger partial charge in [-0.25, -0.2) is 4.68 Å². The number of hydrogen-bond acceptors (Lipinski definition) is 3. The molecule has 0 saturated heterocycles. The number of primary amides is 1. The summed E-state index contributed by atoms with van der Waals surface area (Å²) < 4.78 is 1.86. The molecule has 1 amide bonds. The summed E-state index contributed by atoms with van der Waals surface area (Å²) in [6.45, 7) is 0. The zero-order valence-corrected chi connectivity index (χ0v) is 14.1. The smallest absolute Gasteiger partial charge is 0.269 e. The molecule has 0 aliphatic heterocycles. The fourth-order valence-corrected chi connectivity index (χ4v) is 3.71. The third-order valence-electron chi connectivity index (χ3n) is 4.45. The van der Waals surface area contributed by atoms with Crippen molar-refractivity contribution in [3.8, 4) is 16.9 Å². The standard InChI is InChI=1S/C19H17N3OS/c1-24-14-9-7-13(8-10-14)22-18-15-5-3-2-4-12(15)6-11-16(18)17(21-22)19(20)23/h2-5,7-10H,6,11H2,1H3,(H2,20,23). The van der Waals surface area contributed by atoms with Crippen molar-refractivity contribution in [1.82, 2.24) is 9.78 Å². The maximum atomic E-state index is 11.9. The Morgan fingerprint density at radius 1 is 1.12 bits per heavy atom. The molecule has 0 saturated carbocycles. The number of nitrogens with zero attached hydrogens (tertiary/aromatic N) is 2. The Kier molecular flexibility index (Phi) is 3.65. The average molecular weight is 335 g/mol. The molecule has 0 atom stereocenters. The summed E-state index contributed by atoms with van der Waals surface area (Å²) in [5, 5.41) is 4.55. The third kappa shape index (κ3) is 2.32. The topological polar surface area (TPSA) is 60.9 Å². The molecular weight excluding hydrogens is 318 g/mol. The Bertz CT molecular complexity index is 928. The predicted octanol–water partition coefficient (Wildman–Crippen LogP) is 3.46. The molecule has 24 heavy (non-hydrogen) atoms. The molecule has 4 nitrogen and oxygen atoms in total. The number of fused-ring (bicyclic) bond motifs is 3. The summed E-state index contributed by atoms with van der Waals surface area (Å²) in [5.74, 6) is -0.467. The van der Waals surface area contributed by atoms with Gasteiger partial charge in [0, 0.05) is 16.0 Å². The van der Waals surface area contributed by atoms with Crippen LogP contribution in [0.1, 0.15) is 21.6 Å². The van der Waals surface area contributed by atoms with Gasteiger partial charge in [0.25, 0.3) is 5.91 Å². The normalized spacial score (nSPS) is 12.5. The molecule has 0 bridgehead atoms. The van der Waals surface area contributed by atoms with Crippen LogP contribution in [0, 0.1) is 0 Å². The van der Waals surface area contributed by atoms with Crippen LogP contribution in [0.15, 0.2) is 53.4 Å². The molecule has 1 heterocycles. The highest BCUT2D eigenvalue weighted by Gasteiger charge is 2.27. The minimum atomic E-state index is -0.467. The van der Waals surface area contributed by atoms with Gasteiger partial charge in [-0.3, -0.25) is 4.79 Å². The van der Waals surface area contributed by atoms with Crippen LogP contribution < -0.4 is 5.73 Å². The molecule has 5 heteroatoms. The lowest BCUT2D eigenvalue weighted by Crippen LogP contribution is -2.15. The highest BCUT2D eigenvalue weighted by Crippen LogP contribution is 2.36. The quantitative estimate of drug-likeness (QED) is 0.746. The first kappa shape index (κ1) is 15.0.